The second-order valence-electron chi connectivity index (χ2n) is 6.68. The second-order valence-corrected chi connectivity index (χ2v) is 8.86. The minimum Gasteiger partial charge on any atom is -0.308 e. The summed E-state index contributed by atoms with van der Waals surface area (Å²) in [5.74, 6) is 0.905. The molecule has 1 amide bonds. The average Bonchev–Trinajstić information content (AvgIpc) is 3.08. The highest BCUT2D eigenvalue weighted by Crippen LogP contribution is 2.31. The number of anilines is 1. The van der Waals surface area contributed by atoms with Crippen LogP contribution < -0.4 is 4.90 Å². The molecule has 0 aliphatic heterocycles. The van der Waals surface area contributed by atoms with Crippen LogP contribution in [0.1, 0.15) is 12.0 Å². The first-order valence-corrected chi connectivity index (χ1v) is 10.8. The molecule has 0 aliphatic carbocycles. The fourth-order valence-electron chi connectivity index (χ4n) is 2.72. The van der Waals surface area contributed by atoms with Crippen molar-refractivity contribution in [1.82, 2.24) is 9.88 Å². The number of thioether (sulfide) groups is 1. The Labute approximate surface area is 181 Å². The molecule has 0 aliphatic rings. The Kier molecular flexibility index (Phi) is 8.76. The fraction of sp³-hybridized carbons (Fsp3) is 0.333. The van der Waals surface area contributed by atoms with E-state index in [9.17, 15) is 4.79 Å². The summed E-state index contributed by atoms with van der Waals surface area (Å²) in [4.78, 5) is 22.9. The number of benzene rings is 2. The fourth-order valence-corrected chi connectivity index (χ4v) is 4.67. The summed E-state index contributed by atoms with van der Waals surface area (Å²) in [6.45, 7) is 3.53. The molecule has 4 nitrogen and oxygen atoms in total. The molecule has 0 saturated heterocycles. The van der Waals surface area contributed by atoms with Gasteiger partial charge in [0, 0.05) is 30.2 Å². The van der Waals surface area contributed by atoms with Gasteiger partial charge in [0.2, 0.25) is 5.91 Å². The van der Waals surface area contributed by atoms with E-state index in [4.69, 9.17) is 4.98 Å². The number of thiazole rings is 1. The number of amides is 1. The molecular formula is C21H26ClN3OS2. The molecule has 28 heavy (non-hydrogen) atoms. The molecule has 7 heteroatoms. The second kappa shape index (κ2) is 10.8. The van der Waals surface area contributed by atoms with Crippen molar-refractivity contribution in [2.24, 2.45) is 0 Å². The van der Waals surface area contributed by atoms with Gasteiger partial charge in [-0.05, 0) is 44.8 Å². The van der Waals surface area contributed by atoms with Crippen LogP contribution in [0.2, 0.25) is 0 Å². The van der Waals surface area contributed by atoms with Crippen LogP contribution >= 0.6 is 35.5 Å². The number of aryl methyl sites for hydroxylation is 1. The van der Waals surface area contributed by atoms with Gasteiger partial charge in [-0.2, -0.15) is 0 Å². The molecule has 0 radical (unpaired) electrons. The number of carbonyl (C=O) groups excluding carboxylic acids is 1. The maximum absolute atomic E-state index is 13.0. The first-order valence-electron chi connectivity index (χ1n) is 9.03. The van der Waals surface area contributed by atoms with Gasteiger partial charge in [0.05, 0.1) is 10.2 Å². The van der Waals surface area contributed by atoms with Crippen LogP contribution in [0.15, 0.2) is 53.4 Å². The number of rotatable bonds is 8. The van der Waals surface area contributed by atoms with Gasteiger partial charge >= 0.3 is 0 Å². The monoisotopic (exact) mass is 435 g/mol. The summed E-state index contributed by atoms with van der Waals surface area (Å²) < 4.78 is 1.13. The molecule has 150 valence electrons. The van der Waals surface area contributed by atoms with Crippen LogP contribution in [0.4, 0.5) is 5.13 Å². The first-order chi connectivity index (χ1) is 13.0. The zero-order valence-corrected chi connectivity index (χ0v) is 18.9. The van der Waals surface area contributed by atoms with Gasteiger partial charge in [-0.25, -0.2) is 4.98 Å². The van der Waals surface area contributed by atoms with Gasteiger partial charge in [0.1, 0.15) is 0 Å². The van der Waals surface area contributed by atoms with E-state index in [2.05, 4.69) is 36.1 Å². The summed E-state index contributed by atoms with van der Waals surface area (Å²) in [6, 6.07) is 16.4. The lowest BCUT2D eigenvalue weighted by molar-refractivity contribution is -0.118. The van der Waals surface area contributed by atoms with Crippen LogP contribution in [-0.2, 0) is 4.79 Å². The lowest BCUT2D eigenvalue weighted by atomic mass is 10.2. The van der Waals surface area contributed by atoms with E-state index >= 15 is 0 Å². The summed E-state index contributed by atoms with van der Waals surface area (Å²) in [5.41, 5.74) is 2.15. The highest BCUT2D eigenvalue weighted by atomic mass is 35.5. The summed E-state index contributed by atoms with van der Waals surface area (Å²) in [6.07, 6.45) is 0.502. The lowest BCUT2D eigenvalue weighted by Crippen LogP contribution is -2.36. The van der Waals surface area contributed by atoms with Crippen LogP contribution in [0.3, 0.4) is 0 Å². The third-order valence-corrected chi connectivity index (χ3v) is 6.30. The lowest BCUT2D eigenvalue weighted by Gasteiger charge is -2.22. The zero-order valence-electron chi connectivity index (χ0n) is 16.4. The minimum atomic E-state index is 0. The molecule has 0 saturated carbocycles. The highest BCUT2D eigenvalue weighted by Gasteiger charge is 2.20. The van der Waals surface area contributed by atoms with Crippen LogP contribution in [0.25, 0.3) is 10.2 Å². The SMILES string of the molecule is Cc1cccc2sc(N(CCN(C)C)C(=O)CCSc3ccccc3)nc12.Cl. The third kappa shape index (κ3) is 5.95. The Hall–Kier alpha value is -1.60. The molecule has 0 atom stereocenters. The van der Waals surface area contributed by atoms with Gasteiger partial charge in [-0.3, -0.25) is 9.69 Å². The number of hydrogen-bond donors (Lipinski definition) is 0. The van der Waals surface area contributed by atoms with E-state index in [-0.39, 0.29) is 18.3 Å². The van der Waals surface area contributed by atoms with Crippen LogP contribution in [0, 0.1) is 6.92 Å². The molecule has 3 rings (SSSR count). The molecule has 1 heterocycles. The molecule has 1 aromatic heterocycles. The molecule has 0 spiro atoms. The van der Waals surface area contributed by atoms with Gasteiger partial charge in [-0.15, -0.1) is 24.2 Å². The average molecular weight is 436 g/mol. The number of fused-ring (bicyclic) bond motifs is 1. The largest absolute Gasteiger partial charge is 0.308 e. The molecule has 2 aromatic carbocycles. The van der Waals surface area contributed by atoms with Gasteiger partial charge in [-0.1, -0.05) is 41.7 Å². The van der Waals surface area contributed by atoms with E-state index in [0.717, 1.165) is 33.2 Å². The van der Waals surface area contributed by atoms with Crippen molar-refractivity contribution in [1.29, 1.82) is 0 Å². The quantitative estimate of drug-likeness (QED) is 0.461. The Balaban J connectivity index is 0.00000280. The van der Waals surface area contributed by atoms with Gasteiger partial charge < -0.3 is 4.90 Å². The number of aromatic nitrogens is 1. The minimum absolute atomic E-state index is 0. The predicted octanol–water partition coefficient (Wildman–Crippen LogP) is 5.10. The highest BCUT2D eigenvalue weighted by molar-refractivity contribution is 7.99. The van der Waals surface area contributed by atoms with E-state index in [1.54, 1.807) is 23.1 Å². The van der Waals surface area contributed by atoms with Crippen molar-refractivity contribution >= 4 is 56.8 Å². The van der Waals surface area contributed by atoms with Gasteiger partial charge in [0.15, 0.2) is 5.13 Å². The smallest absolute Gasteiger partial charge is 0.229 e. The number of hydrogen-bond acceptors (Lipinski definition) is 5. The molecule has 0 unspecified atom stereocenters. The Morgan fingerprint density at radius 1 is 1.07 bits per heavy atom. The number of carbonyl (C=O) groups is 1. The molecular weight excluding hydrogens is 410 g/mol. The zero-order chi connectivity index (χ0) is 19.2. The van der Waals surface area contributed by atoms with Crippen molar-refractivity contribution in [3.05, 3.63) is 54.1 Å². The molecule has 3 aromatic rings. The maximum Gasteiger partial charge on any atom is 0.229 e. The van der Waals surface area contributed by atoms with E-state index < -0.39 is 0 Å². The maximum atomic E-state index is 13.0. The number of para-hydroxylation sites is 1. The standard InChI is InChI=1S/C21H25N3OS2.ClH/c1-16-8-7-11-18-20(16)22-21(27-18)24(14-13-23(2)3)19(25)12-15-26-17-9-5-4-6-10-17;/h4-11H,12-15H2,1-3H3;1H. The Morgan fingerprint density at radius 2 is 1.82 bits per heavy atom. The molecule has 0 N–H and O–H groups in total. The van der Waals surface area contributed by atoms with Gasteiger partial charge in [0.25, 0.3) is 0 Å². The number of halogens is 1. The summed E-state index contributed by atoms with van der Waals surface area (Å²) in [7, 11) is 4.05. The van der Waals surface area contributed by atoms with E-state index in [0.29, 0.717) is 13.0 Å². The van der Waals surface area contributed by atoms with Crippen molar-refractivity contribution in [3.63, 3.8) is 0 Å². The predicted molar refractivity (Wildman–Crippen MR) is 124 cm³/mol. The van der Waals surface area contributed by atoms with Crippen molar-refractivity contribution in [3.8, 4) is 0 Å². The first kappa shape index (κ1) is 22.7. The topological polar surface area (TPSA) is 36.4 Å². The number of likely N-dealkylation sites (N-methyl/N-ethyl adjacent to an activating group) is 1. The van der Waals surface area contributed by atoms with Crippen molar-refractivity contribution in [2.45, 2.75) is 18.2 Å². The third-order valence-electron chi connectivity index (χ3n) is 4.24. The van der Waals surface area contributed by atoms with Crippen molar-refractivity contribution < 1.29 is 4.79 Å². The van der Waals surface area contributed by atoms with Crippen LogP contribution in [-0.4, -0.2) is 48.7 Å². The normalized spacial score (nSPS) is 10.9. The Morgan fingerprint density at radius 3 is 2.50 bits per heavy atom. The molecule has 0 bridgehead atoms. The Bertz CT molecular complexity index is 899. The summed E-state index contributed by atoms with van der Waals surface area (Å²) >= 11 is 3.32. The van der Waals surface area contributed by atoms with Crippen LogP contribution in [0.5, 0.6) is 0 Å². The molecule has 0 fully saturated rings. The number of nitrogens with zero attached hydrogens (tertiary/aromatic N) is 3. The van der Waals surface area contributed by atoms with Crippen molar-refractivity contribution in [2.75, 3.05) is 37.8 Å². The van der Waals surface area contributed by atoms with E-state index in [1.807, 2.05) is 43.3 Å². The van der Waals surface area contributed by atoms with E-state index in [1.165, 1.54) is 4.90 Å². The summed E-state index contributed by atoms with van der Waals surface area (Å²) in [5, 5.41) is 0.802.